The van der Waals surface area contributed by atoms with Gasteiger partial charge in [-0.1, -0.05) is 23.7 Å². The van der Waals surface area contributed by atoms with Gasteiger partial charge in [0.2, 0.25) is 0 Å². The molecule has 2 aliphatic rings. The number of nitrogens with zero attached hydrogens (tertiary/aromatic N) is 2. The molecule has 2 atom stereocenters. The largest absolute Gasteiger partial charge is 0.387 e. The van der Waals surface area contributed by atoms with E-state index in [-0.39, 0.29) is 0 Å². The summed E-state index contributed by atoms with van der Waals surface area (Å²) < 4.78 is 5.57. The maximum absolute atomic E-state index is 10.3. The molecular formula is C17H24ClN3O2. The number of likely N-dealkylation sites (tertiary alicyclic amines) is 1. The van der Waals surface area contributed by atoms with E-state index in [0.717, 1.165) is 50.7 Å². The van der Waals surface area contributed by atoms with E-state index in [1.54, 1.807) is 19.2 Å². The number of halogens is 1. The van der Waals surface area contributed by atoms with Crippen LogP contribution in [0.5, 0.6) is 0 Å². The Morgan fingerprint density at radius 2 is 2.39 bits per heavy atom. The number of benzene rings is 1. The third kappa shape index (κ3) is 3.79. The molecule has 0 radical (unpaired) electrons. The Balaban J connectivity index is 1.56. The van der Waals surface area contributed by atoms with Gasteiger partial charge >= 0.3 is 0 Å². The van der Waals surface area contributed by atoms with Crippen molar-refractivity contribution in [1.82, 2.24) is 10.2 Å². The van der Waals surface area contributed by atoms with Gasteiger partial charge in [-0.15, -0.1) is 0 Å². The number of guanidine groups is 1. The minimum Gasteiger partial charge on any atom is -0.387 e. The van der Waals surface area contributed by atoms with Gasteiger partial charge in [0.15, 0.2) is 5.96 Å². The maximum Gasteiger partial charge on any atom is 0.193 e. The first kappa shape index (κ1) is 16.6. The zero-order chi connectivity index (χ0) is 16.3. The third-order valence-corrected chi connectivity index (χ3v) is 5.06. The van der Waals surface area contributed by atoms with E-state index in [4.69, 9.17) is 16.3 Å². The van der Waals surface area contributed by atoms with Crippen molar-refractivity contribution in [2.24, 2.45) is 10.4 Å². The van der Waals surface area contributed by atoms with Crippen molar-refractivity contribution in [3.05, 3.63) is 34.9 Å². The summed E-state index contributed by atoms with van der Waals surface area (Å²) in [4.78, 5) is 6.62. The summed E-state index contributed by atoms with van der Waals surface area (Å²) in [6.07, 6.45) is 1.66. The minimum absolute atomic E-state index is 0.295. The van der Waals surface area contributed by atoms with Crippen LogP contribution in [-0.4, -0.2) is 55.9 Å². The zero-order valence-corrected chi connectivity index (χ0v) is 14.2. The van der Waals surface area contributed by atoms with Gasteiger partial charge in [-0.25, -0.2) is 0 Å². The molecule has 2 fully saturated rings. The molecule has 2 N–H and O–H groups in total. The normalized spacial score (nSPS) is 26.0. The summed E-state index contributed by atoms with van der Waals surface area (Å²) in [6.45, 7) is 4.09. The Morgan fingerprint density at radius 1 is 1.52 bits per heavy atom. The fraction of sp³-hybridized carbons (Fsp3) is 0.588. The molecule has 0 saturated carbocycles. The summed E-state index contributed by atoms with van der Waals surface area (Å²) in [5.74, 6) is 0.842. The van der Waals surface area contributed by atoms with Crippen LogP contribution in [0.15, 0.2) is 29.3 Å². The average molecular weight is 338 g/mol. The van der Waals surface area contributed by atoms with E-state index < -0.39 is 6.10 Å². The van der Waals surface area contributed by atoms with Crippen LogP contribution in [0.3, 0.4) is 0 Å². The lowest BCUT2D eigenvalue weighted by molar-refractivity contribution is 0.156. The predicted octanol–water partition coefficient (Wildman–Crippen LogP) is 2.06. The Kier molecular flexibility index (Phi) is 5.09. The molecule has 1 aromatic carbocycles. The van der Waals surface area contributed by atoms with E-state index >= 15 is 0 Å². The molecule has 126 valence electrons. The molecular weight excluding hydrogens is 314 g/mol. The van der Waals surface area contributed by atoms with Crippen molar-refractivity contribution >= 4 is 17.6 Å². The quantitative estimate of drug-likeness (QED) is 0.655. The molecule has 23 heavy (non-hydrogen) atoms. The highest BCUT2D eigenvalue weighted by Gasteiger charge is 2.42. The van der Waals surface area contributed by atoms with Crippen molar-refractivity contribution < 1.29 is 9.84 Å². The molecule has 6 heteroatoms. The highest BCUT2D eigenvalue weighted by Crippen LogP contribution is 2.38. The van der Waals surface area contributed by atoms with E-state index in [1.165, 1.54) is 0 Å². The number of nitrogens with one attached hydrogen (secondary N) is 1. The number of rotatable bonds is 3. The number of aliphatic hydroxyl groups is 1. The molecule has 0 aromatic heterocycles. The van der Waals surface area contributed by atoms with E-state index in [0.29, 0.717) is 17.0 Å². The highest BCUT2D eigenvalue weighted by molar-refractivity contribution is 6.30. The second-order valence-electron chi connectivity index (χ2n) is 6.47. The van der Waals surface area contributed by atoms with Crippen molar-refractivity contribution in [2.45, 2.75) is 18.9 Å². The molecule has 0 aliphatic carbocycles. The van der Waals surface area contributed by atoms with Gasteiger partial charge in [-0.05, 0) is 30.5 Å². The number of hydrogen-bond donors (Lipinski definition) is 2. The van der Waals surface area contributed by atoms with Crippen LogP contribution in [0.25, 0.3) is 0 Å². The second-order valence-corrected chi connectivity index (χ2v) is 6.91. The van der Waals surface area contributed by atoms with Crippen LogP contribution in [0.2, 0.25) is 5.02 Å². The van der Waals surface area contributed by atoms with Crippen molar-refractivity contribution in [2.75, 3.05) is 39.9 Å². The van der Waals surface area contributed by atoms with Crippen molar-refractivity contribution in [3.63, 3.8) is 0 Å². The summed E-state index contributed by atoms with van der Waals surface area (Å²) in [7, 11) is 1.78. The lowest BCUT2D eigenvalue weighted by Gasteiger charge is -2.25. The fourth-order valence-electron chi connectivity index (χ4n) is 3.44. The van der Waals surface area contributed by atoms with Crippen LogP contribution in [0.1, 0.15) is 24.5 Å². The molecule has 1 aromatic rings. The minimum atomic E-state index is -0.614. The molecule has 2 aliphatic heterocycles. The number of aliphatic hydroxyl groups excluding tert-OH is 1. The second kappa shape index (κ2) is 7.07. The summed E-state index contributed by atoms with van der Waals surface area (Å²) in [6, 6.07) is 7.32. The molecule has 2 unspecified atom stereocenters. The smallest absolute Gasteiger partial charge is 0.193 e. The number of ether oxygens (including phenoxy) is 1. The first-order chi connectivity index (χ1) is 11.1. The maximum atomic E-state index is 10.3. The van der Waals surface area contributed by atoms with Gasteiger partial charge in [-0.2, -0.15) is 0 Å². The van der Waals surface area contributed by atoms with Gasteiger partial charge in [0, 0.05) is 43.7 Å². The molecule has 1 spiro atoms. The van der Waals surface area contributed by atoms with Crippen LogP contribution in [-0.2, 0) is 4.74 Å². The predicted molar refractivity (Wildman–Crippen MR) is 91.8 cm³/mol. The molecule has 2 heterocycles. The molecule has 0 bridgehead atoms. The van der Waals surface area contributed by atoms with Crippen LogP contribution in [0.4, 0.5) is 0 Å². The van der Waals surface area contributed by atoms with Crippen LogP contribution >= 0.6 is 11.6 Å². The number of hydrogen-bond acceptors (Lipinski definition) is 3. The standard InChI is InChI=1S/C17H24ClN3O2/c1-19-16(21-7-5-17(11-21)6-8-23-12-17)20-10-15(22)13-3-2-4-14(18)9-13/h2-4,9,15,22H,5-8,10-12H2,1H3,(H,19,20). The van der Waals surface area contributed by atoms with Crippen LogP contribution in [0, 0.1) is 5.41 Å². The van der Waals surface area contributed by atoms with E-state index in [2.05, 4.69) is 15.2 Å². The van der Waals surface area contributed by atoms with Gasteiger partial charge in [0.1, 0.15) is 0 Å². The summed E-state index contributed by atoms with van der Waals surface area (Å²) in [5, 5.41) is 14.2. The highest BCUT2D eigenvalue weighted by atomic mass is 35.5. The Labute approximate surface area is 142 Å². The molecule has 5 nitrogen and oxygen atoms in total. The lowest BCUT2D eigenvalue weighted by atomic mass is 9.87. The fourth-order valence-corrected chi connectivity index (χ4v) is 3.64. The monoisotopic (exact) mass is 337 g/mol. The van der Waals surface area contributed by atoms with Gasteiger partial charge in [-0.3, -0.25) is 4.99 Å². The van der Waals surface area contributed by atoms with Gasteiger partial charge < -0.3 is 20.1 Å². The van der Waals surface area contributed by atoms with Crippen LogP contribution < -0.4 is 5.32 Å². The summed E-state index contributed by atoms with van der Waals surface area (Å²) in [5.41, 5.74) is 1.10. The van der Waals surface area contributed by atoms with E-state index in [9.17, 15) is 5.11 Å². The zero-order valence-electron chi connectivity index (χ0n) is 13.5. The first-order valence-corrected chi connectivity index (χ1v) is 8.47. The third-order valence-electron chi connectivity index (χ3n) is 4.82. The summed E-state index contributed by atoms with van der Waals surface area (Å²) >= 11 is 5.98. The van der Waals surface area contributed by atoms with Crippen molar-refractivity contribution in [1.29, 1.82) is 0 Å². The first-order valence-electron chi connectivity index (χ1n) is 8.09. The lowest BCUT2D eigenvalue weighted by Crippen LogP contribution is -2.42. The number of aliphatic imine (C=N–C) groups is 1. The molecule has 2 saturated heterocycles. The molecule has 0 amide bonds. The van der Waals surface area contributed by atoms with E-state index in [1.807, 2.05) is 12.1 Å². The van der Waals surface area contributed by atoms with Crippen molar-refractivity contribution in [3.8, 4) is 0 Å². The Bertz CT molecular complexity index is 573. The topological polar surface area (TPSA) is 57.1 Å². The Morgan fingerprint density at radius 3 is 3.09 bits per heavy atom. The Hall–Kier alpha value is -1.30. The SMILES string of the molecule is CN=C(NCC(O)c1cccc(Cl)c1)N1CCC2(CCOC2)C1. The molecule has 3 rings (SSSR count). The van der Waals surface area contributed by atoms with Gasteiger partial charge in [0.25, 0.3) is 0 Å². The average Bonchev–Trinajstić information content (AvgIpc) is 3.18. The van der Waals surface area contributed by atoms with Gasteiger partial charge in [0.05, 0.1) is 12.7 Å².